The van der Waals surface area contributed by atoms with Gasteiger partial charge >= 0.3 is 0 Å². The molecule has 0 spiro atoms. The molecule has 0 saturated carbocycles. The molecule has 1 atom stereocenters. The molecule has 156 valence electrons. The predicted octanol–water partition coefficient (Wildman–Crippen LogP) is 3.89. The maximum absolute atomic E-state index is 12.5. The molecule has 0 saturated heterocycles. The lowest BCUT2D eigenvalue weighted by molar-refractivity contribution is -0.117. The molecule has 3 aromatic rings. The molecule has 8 heteroatoms. The van der Waals surface area contributed by atoms with Gasteiger partial charge < -0.3 is 20.1 Å². The van der Waals surface area contributed by atoms with E-state index in [1.54, 1.807) is 51.5 Å². The van der Waals surface area contributed by atoms with Crippen LogP contribution in [-0.4, -0.2) is 37.1 Å². The van der Waals surface area contributed by atoms with Crippen LogP contribution in [0, 0.1) is 6.92 Å². The molecule has 2 amide bonds. The summed E-state index contributed by atoms with van der Waals surface area (Å²) >= 11 is 1.29. The van der Waals surface area contributed by atoms with Crippen molar-refractivity contribution in [2.75, 3.05) is 19.5 Å². The minimum atomic E-state index is -0.725. The average molecular weight is 426 g/mol. The summed E-state index contributed by atoms with van der Waals surface area (Å²) in [4.78, 5) is 29.3. The van der Waals surface area contributed by atoms with Crippen molar-refractivity contribution in [3.63, 3.8) is 0 Å². The molecular weight excluding hydrogens is 402 g/mol. The lowest BCUT2D eigenvalue weighted by Crippen LogP contribution is -2.41. The van der Waals surface area contributed by atoms with Crippen LogP contribution >= 0.6 is 11.3 Å². The van der Waals surface area contributed by atoms with Crippen molar-refractivity contribution in [2.24, 2.45) is 0 Å². The fourth-order valence-corrected chi connectivity index (χ4v) is 3.53. The summed E-state index contributed by atoms with van der Waals surface area (Å²) in [6.07, 6.45) is 0. The fraction of sp³-hybridized carbons (Fsp3) is 0.227. The van der Waals surface area contributed by atoms with Gasteiger partial charge in [-0.3, -0.25) is 9.59 Å². The second kappa shape index (κ2) is 9.41. The fourth-order valence-electron chi connectivity index (χ4n) is 2.81. The van der Waals surface area contributed by atoms with Crippen molar-refractivity contribution >= 4 is 28.3 Å². The van der Waals surface area contributed by atoms with Crippen LogP contribution in [0.1, 0.15) is 22.8 Å². The van der Waals surface area contributed by atoms with Crippen LogP contribution in [0.5, 0.6) is 11.5 Å². The van der Waals surface area contributed by atoms with Crippen LogP contribution in [0.3, 0.4) is 0 Å². The number of benzene rings is 2. The molecule has 0 aliphatic carbocycles. The van der Waals surface area contributed by atoms with E-state index in [9.17, 15) is 9.59 Å². The monoisotopic (exact) mass is 425 g/mol. The summed E-state index contributed by atoms with van der Waals surface area (Å²) in [5.74, 6) is 0.673. The van der Waals surface area contributed by atoms with Gasteiger partial charge in [0.15, 0.2) is 5.13 Å². The van der Waals surface area contributed by atoms with Crippen molar-refractivity contribution in [3.8, 4) is 22.8 Å². The number of hydrogen-bond acceptors (Lipinski definition) is 6. The zero-order valence-corrected chi connectivity index (χ0v) is 18.0. The van der Waals surface area contributed by atoms with Crippen LogP contribution in [0.4, 0.5) is 5.13 Å². The smallest absolute Gasteiger partial charge is 0.251 e. The number of carbonyl (C=O) groups excluding carboxylic acids is 2. The van der Waals surface area contributed by atoms with E-state index in [0.29, 0.717) is 27.9 Å². The Morgan fingerprint density at radius 2 is 1.90 bits per heavy atom. The number of thiazole rings is 1. The molecule has 2 aromatic carbocycles. The summed E-state index contributed by atoms with van der Waals surface area (Å²) in [7, 11) is 3.17. The molecule has 0 radical (unpaired) electrons. The van der Waals surface area contributed by atoms with Crippen molar-refractivity contribution < 1.29 is 19.1 Å². The van der Waals surface area contributed by atoms with E-state index in [1.165, 1.54) is 11.3 Å². The van der Waals surface area contributed by atoms with E-state index < -0.39 is 6.04 Å². The van der Waals surface area contributed by atoms with Gasteiger partial charge in [0.1, 0.15) is 17.5 Å². The predicted molar refractivity (Wildman–Crippen MR) is 117 cm³/mol. The topological polar surface area (TPSA) is 89.5 Å². The highest BCUT2D eigenvalue weighted by Gasteiger charge is 2.19. The molecular formula is C22H23N3O4S. The Morgan fingerprint density at radius 3 is 2.60 bits per heavy atom. The third-order valence-electron chi connectivity index (χ3n) is 4.44. The van der Waals surface area contributed by atoms with Gasteiger partial charge in [0.2, 0.25) is 5.91 Å². The maximum atomic E-state index is 12.5. The van der Waals surface area contributed by atoms with Crippen LogP contribution in [-0.2, 0) is 4.79 Å². The Morgan fingerprint density at radius 1 is 1.10 bits per heavy atom. The van der Waals surface area contributed by atoms with Crippen LogP contribution in [0.2, 0.25) is 0 Å². The summed E-state index contributed by atoms with van der Waals surface area (Å²) in [5.41, 5.74) is 2.90. The Bertz CT molecular complexity index is 1060. The molecule has 0 aliphatic rings. The number of methoxy groups -OCH3 is 2. The van der Waals surface area contributed by atoms with Gasteiger partial charge in [-0.25, -0.2) is 4.98 Å². The molecule has 7 nitrogen and oxygen atoms in total. The number of anilines is 1. The lowest BCUT2D eigenvalue weighted by atomic mass is 10.1. The number of nitrogens with one attached hydrogen (secondary N) is 2. The second-order valence-corrected chi connectivity index (χ2v) is 7.52. The first kappa shape index (κ1) is 21.3. The third kappa shape index (κ3) is 4.96. The number of aryl methyl sites for hydroxylation is 1. The summed E-state index contributed by atoms with van der Waals surface area (Å²) in [6, 6.07) is 11.9. The zero-order valence-electron chi connectivity index (χ0n) is 17.2. The van der Waals surface area contributed by atoms with Crippen molar-refractivity contribution in [3.05, 3.63) is 59.0 Å². The van der Waals surface area contributed by atoms with Gasteiger partial charge in [0.05, 0.1) is 19.9 Å². The summed E-state index contributed by atoms with van der Waals surface area (Å²) < 4.78 is 10.7. The first-order valence-electron chi connectivity index (χ1n) is 9.27. The maximum Gasteiger partial charge on any atom is 0.251 e. The Balaban J connectivity index is 1.68. The standard InChI is InChI=1S/C22H23N3O4S/c1-13-6-5-7-15(10-13)21(27)23-14(2)20(26)25-22-24-18(12-30-22)17-11-16(28-3)8-9-19(17)29-4/h5-12,14H,1-4H3,(H,23,27)(H,24,25,26). The van der Waals surface area contributed by atoms with Crippen molar-refractivity contribution in [1.82, 2.24) is 10.3 Å². The SMILES string of the molecule is COc1ccc(OC)c(-c2csc(NC(=O)C(C)NC(=O)c3cccc(C)c3)n2)c1. The van der Waals surface area contributed by atoms with Crippen LogP contribution in [0.25, 0.3) is 11.3 Å². The molecule has 0 aliphatic heterocycles. The summed E-state index contributed by atoms with van der Waals surface area (Å²) in [5, 5.41) is 7.70. The normalized spacial score (nSPS) is 11.5. The number of ether oxygens (including phenoxy) is 2. The number of nitrogens with zero attached hydrogens (tertiary/aromatic N) is 1. The first-order chi connectivity index (χ1) is 14.4. The van der Waals surface area contributed by atoms with Gasteiger partial charge in [0.25, 0.3) is 5.91 Å². The number of rotatable bonds is 7. The third-order valence-corrected chi connectivity index (χ3v) is 5.20. The molecule has 2 N–H and O–H groups in total. The van der Waals surface area contributed by atoms with Crippen molar-refractivity contribution in [1.29, 1.82) is 0 Å². The van der Waals surface area contributed by atoms with Gasteiger partial charge in [-0.05, 0) is 44.2 Å². The lowest BCUT2D eigenvalue weighted by Gasteiger charge is -2.13. The highest BCUT2D eigenvalue weighted by molar-refractivity contribution is 7.14. The number of aromatic nitrogens is 1. The number of amides is 2. The average Bonchev–Trinajstić information content (AvgIpc) is 3.21. The van der Waals surface area contributed by atoms with E-state index in [1.807, 2.05) is 24.4 Å². The van der Waals surface area contributed by atoms with E-state index in [4.69, 9.17) is 9.47 Å². The molecule has 30 heavy (non-hydrogen) atoms. The van der Waals surface area contributed by atoms with E-state index in [-0.39, 0.29) is 11.8 Å². The van der Waals surface area contributed by atoms with Crippen molar-refractivity contribution in [2.45, 2.75) is 19.9 Å². The first-order valence-corrected chi connectivity index (χ1v) is 10.2. The quantitative estimate of drug-likeness (QED) is 0.599. The minimum Gasteiger partial charge on any atom is -0.497 e. The highest BCUT2D eigenvalue weighted by atomic mass is 32.1. The molecule has 1 unspecified atom stereocenters. The molecule has 0 bridgehead atoms. The minimum absolute atomic E-state index is 0.303. The summed E-state index contributed by atoms with van der Waals surface area (Å²) in [6.45, 7) is 3.53. The molecule has 1 heterocycles. The Hall–Kier alpha value is -3.39. The van der Waals surface area contributed by atoms with Crippen LogP contribution in [0.15, 0.2) is 47.8 Å². The van der Waals surface area contributed by atoms with Crippen LogP contribution < -0.4 is 20.1 Å². The largest absolute Gasteiger partial charge is 0.497 e. The highest BCUT2D eigenvalue weighted by Crippen LogP contribution is 2.35. The second-order valence-electron chi connectivity index (χ2n) is 6.66. The molecule has 0 fully saturated rings. The number of hydrogen-bond donors (Lipinski definition) is 2. The Kier molecular flexibility index (Phi) is 6.68. The van der Waals surface area contributed by atoms with Gasteiger partial charge in [0, 0.05) is 16.5 Å². The van der Waals surface area contributed by atoms with Gasteiger partial charge in [-0.1, -0.05) is 17.7 Å². The zero-order chi connectivity index (χ0) is 21.7. The van der Waals surface area contributed by atoms with Gasteiger partial charge in [-0.15, -0.1) is 11.3 Å². The molecule has 3 rings (SSSR count). The molecule has 1 aromatic heterocycles. The number of carbonyl (C=O) groups is 2. The van der Waals surface area contributed by atoms with E-state index >= 15 is 0 Å². The van der Waals surface area contributed by atoms with E-state index in [0.717, 1.165) is 11.1 Å². The van der Waals surface area contributed by atoms with Gasteiger partial charge in [-0.2, -0.15) is 0 Å². The Labute approximate surface area is 179 Å². The van der Waals surface area contributed by atoms with E-state index in [2.05, 4.69) is 15.6 Å².